The molecule has 0 aliphatic carbocycles. The summed E-state index contributed by atoms with van der Waals surface area (Å²) in [4.78, 5) is 37.2. The van der Waals surface area contributed by atoms with E-state index < -0.39 is 18.1 Å². The molecule has 0 aromatic heterocycles. The van der Waals surface area contributed by atoms with Gasteiger partial charge < -0.3 is 23.8 Å². The van der Waals surface area contributed by atoms with E-state index in [0.29, 0.717) is 19.3 Å². The summed E-state index contributed by atoms with van der Waals surface area (Å²) in [5.74, 6) is -1.57. The smallest absolute Gasteiger partial charge is 0.362 e. The maximum absolute atomic E-state index is 12.8. The number of quaternary nitrogens is 1. The standard InChI is InChI=1S/C61H97NO7/c1-6-8-10-12-14-16-18-20-22-24-26-28-30-32-34-36-38-40-42-44-46-48-50-52-60(64)69-57(55-67-54-53-58(61(65)66)62(3,4)5)56-68-59(63)51-49-47-45-43-41-39-37-35-33-31-29-27-25-23-21-19-17-15-13-11-9-7-2/h8-11,14-17,20-23,26-29,32,34,38,40,44,46,57-58H,6-7,12-13,18-19,24-25,30-31,33,35-37,39,41-43,45,47-56H2,1-5H3/p+1/b10-8+,11-9+,16-14+,17-15+,22-20+,23-21+,28-26+,29-27+,34-32+,40-38+,46-44+. The van der Waals surface area contributed by atoms with Gasteiger partial charge in [-0.25, -0.2) is 4.79 Å². The third-order valence-corrected chi connectivity index (χ3v) is 11.0. The summed E-state index contributed by atoms with van der Waals surface area (Å²) in [6, 6.07) is -0.636. The van der Waals surface area contributed by atoms with Crippen LogP contribution in [0.4, 0.5) is 0 Å². The zero-order valence-electron chi connectivity index (χ0n) is 44.2. The number of rotatable bonds is 46. The molecular formula is C61H98NO7+. The lowest BCUT2D eigenvalue weighted by atomic mass is 10.1. The van der Waals surface area contributed by atoms with E-state index in [1.54, 1.807) is 0 Å². The number of carbonyl (C=O) groups excluding carboxylic acids is 2. The molecule has 0 bridgehead atoms. The minimum Gasteiger partial charge on any atom is -0.477 e. The van der Waals surface area contributed by atoms with Crippen LogP contribution in [-0.4, -0.2) is 80.6 Å². The average molecular weight is 957 g/mol. The number of hydrogen-bond donors (Lipinski definition) is 1. The van der Waals surface area contributed by atoms with Crippen molar-refractivity contribution < 1.29 is 38.2 Å². The Morgan fingerprint density at radius 1 is 0.435 bits per heavy atom. The number of hydrogen-bond acceptors (Lipinski definition) is 6. The Labute approximate surface area is 422 Å². The van der Waals surface area contributed by atoms with E-state index >= 15 is 0 Å². The van der Waals surface area contributed by atoms with Crippen molar-refractivity contribution in [3.63, 3.8) is 0 Å². The molecule has 0 heterocycles. The van der Waals surface area contributed by atoms with Crippen LogP contribution in [0.15, 0.2) is 134 Å². The number of carboxylic acids is 1. The van der Waals surface area contributed by atoms with Crippen molar-refractivity contribution in [2.75, 3.05) is 41.0 Å². The normalized spacial score (nSPS) is 13.9. The molecule has 0 aliphatic rings. The number of carbonyl (C=O) groups is 3. The quantitative estimate of drug-likeness (QED) is 0.0281. The van der Waals surface area contributed by atoms with E-state index in [1.807, 2.05) is 21.1 Å². The third kappa shape index (κ3) is 48.3. The van der Waals surface area contributed by atoms with Crippen LogP contribution < -0.4 is 0 Å². The predicted molar refractivity (Wildman–Crippen MR) is 293 cm³/mol. The number of unbranched alkanes of at least 4 members (excludes halogenated alkanes) is 10. The molecule has 0 fully saturated rings. The van der Waals surface area contributed by atoms with Gasteiger partial charge >= 0.3 is 17.9 Å². The molecule has 0 rings (SSSR count). The van der Waals surface area contributed by atoms with Crippen molar-refractivity contribution >= 4 is 17.9 Å². The molecule has 0 radical (unpaired) electrons. The molecule has 0 saturated carbocycles. The Hall–Kier alpha value is -4.53. The van der Waals surface area contributed by atoms with E-state index in [2.05, 4.69) is 148 Å². The van der Waals surface area contributed by atoms with Gasteiger partial charge in [0.15, 0.2) is 12.1 Å². The van der Waals surface area contributed by atoms with Gasteiger partial charge in [-0.05, 0) is 103 Å². The van der Waals surface area contributed by atoms with Gasteiger partial charge in [-0.15, -0.1) is 0 Å². The molecule has 0 spiro atoms. The first-order valence-electron chi connectivity index (χ1n) is 26.7. The van der Waals surface area contributed by atoms with Gasteiger partial charge in [0.05, 0.1) is 34.4 Å². The van der Waals surface area contributed by atoms with Gasteiger partial charge in [0.2, 0.25) is 0 Å². The summed E-state index contributed by atoms with van der Waals surface area (Å²) >= 11 is 0. The summed E-state index contributed by atoms with van der Waals surface area (Å²) in [6.07, 6.45) is 72.3. The lowest BCUT2D eigenvalue weighted by Gasteiger charge is -2.31. The maximum Gasteiger partial charge on any atom is 0.362 e. The Morgan fingerprint density at radius 2 is 0.783 bits per heavy atom. The molecule has 8 nitrogen and oxygen atoms in total. The van der Waals surface area contributed by atoms with Gasteiger partial charge in [0, 0.05) is 19.3 Å². The number of aliphatic carboxylic acids is 1. The molecular weight excluding hydrogens is 859 g/mol. The first-order valence-corrected chi connectivity index (χ1v) is 26.7. The Balaban J connectivity index is 4.37. The summed E-state index contributed by atoms with van der Waals surface area (Å²) in [6.45, 7) is 4.43. The fourth-order valence-electron chi connectivity index (χ4n) is 7.01. The highest BCUT2D eigenvalue weighted by Crippen LogP contribution is 2.14. The fourth-order valence-corrected chi connectivity index (χ4v) is 7.01. The zero-order chi connectivity index (χ0) is 50.6. The number of likely N-dealkylation sites (N-methyl/N-ethyl adjacent to an activating group) is 1. The zero-order valence-corrected chi connectivity index (χ0v) is 44.2. The minimum absolute atomic E-state index is 0.0266. The highest BCUT2D eigenvalue weighted by atomic mass is 16.6. The van der Waals surface area contributed by atoms with E-state index in [9.17, 15) is 19.5 Å². The van der Waals surface area contributed by atoms with Crippen molar-refractivity contribution in [2.24, 2.45) is 0 Å². The van der Waals surface area contributed by atoms with E-state index in [1.165, 1.54) is 38.5 Å². The van der Waals surface area contributed by atoms with Gasteiger partial charge in [-0.1, -0.05) is 192 Å². The largest absolute Gasteiger partial charge is 0.477 e. The number of esters is 2. The minimum atomic E-state index is -0.890. The Kier molecular flexibility index (Phi) is 46.6. The number of ether oxygens (including phenoxy) is 3. The van der Waals surface area contributed by atoms with Crippen LogP contribution in [0.1, 0.15) is 181 Å². The van der Waals surface area contributed by atoms with Crippen LogP contribution in [-0.2, 0) is 28.6 Å². The topological polar surface area (TPSA) is 99.1 Å². The molecule has 2 unspecified atom stereocenters. The number of carboxylic acid groups (broad SMARTS) is 1. The van der Waals surface area contributed by atoms with Crippen LogP contribution >= 0.6 is 0 Å². The van der Waals surface area contributed by atoms with E-state index in [0.717, 1.165) is 103 Å². The highest BCUT2D eigenvalue weighted by molar-refractivity contribution is 5.72. The molecule has 0 amide bonds. The second kappa shape index (κ2) is 49.9. The van der Waals surface area contributed by atoms with Gasteiger partial charge in [-0.3, -0.25) is 9.59 Å². The maximum atomic E-state index is 12.8. The van der Waals surface area contributed by atoms with Gasteiger partial charge in [0.25, 0.3) is 0 Å². The third-order valence-electron chi connectivity index (χ3n) is 11.0. The molecule has 2 atom stereocenters. The lowest BCUT2D eigenvalue weighted by Crippen LogP contribution is -2.50. The molecule has 388 valence electrons. The summed E-state index contributed by atoms with van der Waals surface area (Å²) < 4.78 is 17.3. The van der Waals surface area contributed by atoms with Crippen molar-refractivity contribution in [3.8, 4) is 0 Å². The monoisotopic (exact) mass is 957 g/mol. The van der Waals surface area contributed by atoms with Crippen molar-refractivity contribution in [1.82, 2.24) is 0 Å². The summed E-state index contributed by atoms with van der Waals surface area (Å²) in [7, 11) is 5.50. The molecule has 8 heteroatoms. The SMILES string of the molecule is CC/C=C/C/C=C/C/C=C/C/C=C/C/C=C/C/C=C/C/C=C/CCCC(=O)OC(COCCC(C(=O)O)[N+](C)(C)C)COC(=O)CCCCCCCCCCC/C=C/C/C=C/C/C=C/C/C=C/CC. The molecule has 1 N–H and O–H groups in total. The Bertz CT molecular complexity index is 1580. The van der Waals surface area contributed by atoms with Crippen LogP contribution in [0, 0.1) is 0 Å². The van der Waals surface area contributed by atoms with E-state index in [-0.39, 0.29) is 42.7 Å². The molecule has 0 aromatic carbocycles. The lowest BCUT2D eigenvalue weighted by molar-refractivity contribution is -0.887. The second-order valence-corrected chi connectivity index (χ2v) is 18.4. The molecule has 0 saturated heterocycles. The van der Waals surface area contributed by atoms with Crippen LogP contribution in [0.5, 0.6) is 0 Å². The second-order valence-electron chi connectivity index (χ2n) is 18.4. The van der Waals surface area contributed by atoms with E-state index in [4.69, 9.17) is 14.2 Å². The van der Waals surface area contributed by atoms with Crippen molar-refractivity contribution in [3.05, 3.63) is 134 Å². The predicted octanol–water partition coefficient (Wildman–Crippen LogP) is 15.9. The first kappa shape index (κ1) is 64.5. The Morgan fingerprint density at radius 3 is 1.17 bits per heavy atom. The van der Waals surface area contributed by atoms with Crippen LogP contribution in [0.25, 0.3) is 0 Å². The average Bonchev–Trinajstić information content (AvgIpc) is 3.31. The number of allylic oxidation sites excluding steroid dienone is 22. The molecule has 0 aliphatic heterocycles. The van der Waals surface area contributed by atoms with Gasteiger partial charge in [-0.2, -0.15) is 0 Å². The highest BCUT2D eigenvalue weighted by Gasteiger charge is 2.31. The molecule has 69 heavy (non-hydrogen) atoms. The van der Waals surface area contributed by atoms with Crippen LogP contribution in [0.2, 0.25) is 0 Å². The van der Waals surface area contributed by atoms with Gasteiger partial charge in [0.1, 0.15) is 6.61 Å². The van der Waals surface area contributed by atoms with Crippen molar-refractivity contribution in [1.29, 1.82) is 0 Å². The van der Waals surface area contributed by atoms with Crippen molar-refractivity contribution in [2.45, 2.75) is 193 Å². The first-order chi connectivity index (χ1) is 33.6. The molecule has 0 aromatic rings. The number of nitrogens with zero attached hydrogens (tertiary/aromatic N) is 1. The fraction of sp³-hybridized carbons (Fsp3) is 0.590. The summed E-state index contributed by atoms with van der Waals surface area (Å²) in [5.41, 5.74) is 0. The summed E-state index contributed by atoms with van der Waals surface area (Å²) in [5, 5.41) is 9.67. The van der Waals surface area contributed by atoms with Crippen LogP contribution in [0.3, 0.4) is 0 Å².